The maximum Gasteiger partial charge on any atom is 0.319 e. The molecule has 3 N–H and O–H groups in total. The summed E-state index contributed by atoms with van der Waals surface area (Å²) in [6.07, 6.45) is 6.15. The minimum absolute atomic E-state index is 0.133. The van der Waals surface area contributed by atoms with Crippen LogP contribution in [0.25, 0.3) is 0 Å². The van der Waals surface area contributed by atoms with Crippen molar-refractivity contribution in [3.63, 3.8) is 0 Å². The number of hydrogen-bond acceptors (Lipinski definition) is 3. The molecule has 1 aromatic heterocycles. The van der Waals surface area contributed by atoms with Crippen molar-refractivity contribution in [1.29, 1.82) is 0 Å². The number of hydrogen-bond donors (Lipinski definition) is 3. The summed E-state index contributed by atoms with van der Waals surface area (Å²) in [6, 6.07) is 8.95. The molecule has 0 unspecified atom stereocenters. The number of nitrogens with zero attached hydrogens (tertiary/aromatic N) is 1. The van der Waals surface area contributed by atoms with Crippen molar-refractivity contribution in [1.82, 2.24) is 15.6 Å². The van der Waals surface area contributed by atoms with Crippen LogP contribution in [-0.4, -0.2) is 30.0 Å². The molecule has 138 valence electrons. The minimum atomic E-state index is -0.273. The lowest BCUT2D eigenvalue weighted by Gasteiger charge is -2.12. The number of amides is 3. The Morgan fingerprint density at radius 3 is 2.69 bits per heavy atom. The molecule has 0 radical (unpaired) electrons. The molecule has 1 aromatic carbocycles. The predicted octanol–water partition coefficient (Wildman–Crippen LogP) is 3.28. The molecule has 0 aliphatic heterocycles. The monoisotopic (exact) mass is 354 g/mol. The van der Waals surface area contributed by atoms with Gasteiger partial charge in [-0.25, -0.2) is 4.79 Å². The molecule has 1 heterocycles. The fourth-order valence-corrected chi connectivity index (χ4v) is 2.45. The third-order valence-electron chi connectivity index (χ3n) is 3.93. The molecular weight excluding hydrogens is 328 g/mol. The zero-order valence-electron chi connectivity index (χ0n) is 15.3. The first kappa shape index (κ1) is 19.4. The molecule has 0 bridgehead atoms. The quantitative estimate of drug-likeness (QED) is 0.636. The molecule has 0 spiro atoms. The smallest absolute Gasteiger partial charge is 0.319 e. The zero-order chi connectivity index (χ0) is 18.8. The van der Waals surface area contributed by atoms with E-state index in [1.165, 1.54) is 0 Å². The Hall–Kier alpha value is -2.89. The lowest BCUT2D eigenvalue weighted by atomic mass is 10.1. The van der Waals surface area contributed by atoms with Crippen LogP contribution in [-0.2, 0) is 6.42 Å². The van der Waals surface area contributed by atoms with E-state index in [2.05, 4.69) is 20.9 Å². The average Bonchev–Trinajstić information content (AvgIpc) is 2.66. The first-order valence-electron chi connectivity index (χ1n) is 8.92. The molecule has 0 saturated carbocycles. The number of benzene rings is 1. The van der Waals surface area contributed by atoms with Crippen LogP contribution >= 0.6 is 0 Å². The van der Waals surface area contributed by atoms with Gasteiger partial charge in [0.15, 0.2) is 0 Å². The number of carbonyl (C=O) groups excluding carboxylic acids is 2. The van der Waals surface area contributed by atoms with E-state index < -0.39 is 0 Å². The predicted molar refractivity (Wildman–Crippen MR) is 103 cm³/mol. The maximum absolute atomic E-state index is 12.1. The summed E-state index contributed by atoms with van der Waals surface area (Å²) in [5.41, 5.74) is 3.23. The second kappa shape index (κ2) is 10.2. The largest absolute Gasteiger partial charge is 0.352 e. The molecule has 2 aromatic rings. The van der Waals surface area contributed by atoms with Crippen molar-refractivity contribution in [3.05, 3.63) is 59.4 Å². The first-order chi connectivity index (χ1) is 12.6. The molecule has 2 rings (SSSR count). The van der Waals surface area contributed by atoms with Gasteiger partial charge in [-0.2, -0.15) is 0 Å². The second-order valence-electron chi connectivity index (χ2n) is 6.13. The summed E-state index contributed by atoms with van der Waals surface area (Å²) in [5, 5.41) is 8.49. The Labute approximate surface area is 154 Å². The van der Waals surface area contributed by atoms with E-state index in [1.807, 2.05) is 38.2 Å². The van der Waals surface area contributed by atoms with Crippen molar-refractivity contribution in [3.8, 4) is 0 Å². The second-order valence-corrected chi connectivity index (χ2v) is 6.13. The van der Waals surface area contributed by atoms with Gasteiger partial charge in [-0.15, -0.1) is 0 Å². The molecule has 0 atom stereocenters. The third-order valence-corrected chi connectivity index (χ3v) is 3.93. The Kier molecular flexibility index (Phi) is 7.61. The van der Waals surface area contributed by atoms with Gasteiger partial charge in [-0.1, -0.05) is 19.1 Å². The highest BCUT2D eigenvalue weighted by atomic mass is 16.2. The first-order valence-corrected chi connectivity index (χ1v) is 8.92. The number of aryl methyl sites for hydroxylation is 2. The van der Waals surface area contributed by atoms with Crippen LogP contribution in [0.4, 0.5) is 10.5 Å². The van der Waals surface area contributed by atoms with Crippen LogP contribution in [0.2, 0.25) is 0 Å². The van der Waals surface area contributed by atoms with Crippen LogP contribution in [0.5, 0.6) is 0 Å². The Morgan fingerprint density at radius 1 is 1.12 bits per heavy atom. The van der Waals surface area contributed by atoms with E-state index in [-0.39, 0.29) is 11.9 Å². The van der Waals surface area contributed by atoms with Crippen molar-refractivity contribution in [2.24, 2.45) is 0 Å². The molecule has 0 saturated heterocycles. The highest BCUT2D eigenvalue weighted by Crippen LogP contribution is 2.17. The van der Waals surface area contributed by atoms with Gasteiger partial charge in [0.25, 0.3) is 5.91 Å². The SMILES string of the molecule is CCCNC(=O)c1ccc(C)c(NC(=O)NCCCc2cccnc2)c1. The third kappa shape index (κ3) is 6.20. The van der Waals surface area contributed by atoms with Gasteiger partial charge < -0.3 is 16.0 Å². The molecule has 0 aliphatic carbocycles. The van der Waals surface area contributed by atoms with Crippen LogP contribution < -0.4 is 16.0 Å². The molecule has 0 aliphatic rings. The number of urea groups is 1. The molecule has 26 heavy (non-hydrogen) atoms. The number of anilines is 1. The Morgan fingerprint density at radius 2 is 1.96 bits per heavy atom. The number of aromatic nitrogens is 1. The van der Waals surface area contributed by atoms with Crippen molar-refractivity contribution >= 4 is 17.6 Å². The summed E-state index contributed by atoms with van der Waals surface area (Å²) in [7, 11) is 0. The van der Waals surface area contributed by atoms with E-state index in [0.717, 1.165) is 30.4 Å². The molecule has 6 nitrogen and oxygen atoms in total. The summed E-state index contributed by atoms with van der Waals surface area (Å²) in [5.74, 6) is -0.133. The van der Waals surface area contributed by atoms with Gasteiger partial charge in [0.05, 0.1) is 0 Å². The highest BCUT2D eigenvalue weighted by molar-refractivity contribution is 5.97. The summed E-state index contributed by atoms with van der Waals surface area (Å²) >= 11 is 0. The minimum Gasteiger partial charge on any atom is -0.352 e. The standard InChI is InChI=1S/C20H26N4O2/c1-3-10-22-19(25)17-9-8-15(2)18(13-17)24-20(26)23-12-5-7-16-6-4-11-21-14-16/h4,6,8-9,11,13-14H,3,5,7,10,12H2,1-2H3,(H,22,25)(H2,23,24,26). The molecule has 6 heteroatoms. The van der Waals surface area contributed by atoms with Gasteiger partial charge in [-0.3, -0.25) is 9.78 Å². The van der Waals surface area contributed by atoms with E-state index >= 15 is 0 Å². The highest BCUT2D eigenvalue weighted by Gasteiger charge is 2.09. The van der Waals surface area contributed by atoms with Crippen LogP contribution in [0.1, 0.15) is 41.3 Å². The van der Waals surface area contributed by atoms with Gasteiger partial charge in [0.2, 0.25) is 0 Å². The molecule has 3 amide bonds. The number of pyridine rings is 1. The van der Waals surface area contributed by atoms with Crippen LogP contribution in [0.3, 0.4) is 0 Å². The number of rotatable bonds is 8. The van der Waals surface area contributed by atoms with E-state index in [1.54, 1.807) is 18.3 Å². The fourth-order valence-electron chi connectivity index (χ4n) is 2.45. The molecular formula is C20H26N4O2. The van der Waals surface area contributed by atoms with Crippen molar-refractivity contribution in [2.45, 2.75) is 33.1 Å². The number of nitrogens with one attached hydrogen (secondary N) is 3. The summed E-state index contributed by atoms with van der Waals surface area (Å²) < 4.78 is 0. The maximum atomic E-state index is 12.1. The van der Waals surface area contributed by atoms with E-state index in [0.29, 0.717) is 24.3 Å². The molecule has 0 fully saturated rings. The lowest BCUT2D eigenvalue weighted by molar-refractivity contribution is 0.0953. The fraction of sp³-hybridized carbons (Fsp3) is 0.350. The lowest BCUT2D eigenvalue weighted by Crippen LogP contribution is -2.30. The van der Waals surface area contributed by atoms with Gasteiger partial charge in [-0.05, 0) is 55.5 Å². The van der Waals surface area contributed by atoms with Gasteiger partial charge in [0, 0.05) is 36.7 Å². The average molecular weight is 354 g/mol. The van der Waals surface area contributed by atoms with Crippen molar-refractivity contribution in [2.75, 3.05) is 18.4 Å². The van der Waals surface area contributed by atoms with Gasteiger partial charge >= 0.3 is 6.03 Å². The summed E-state index contributed by atoms with van der Waals surface area (Å²) in [4.78, 5) is 28.2. The Bertz CT molecular complexity index is 732. The van der Waals surface area contributed by atoms with Crippen molar-refractivity contribution < 1.29 is 9.59 Å². The summed E-state index contributed by atoms with van der Waals surface area (Å²) in [6.45, 7) is 5.09. The van der Waals surface area contributed by atoms with Crippen LogP contribution in [0.15, 0.2) is 42.7 Å². The van der Waals surface area contributed by atoms with Crippen LogP contribution in [0, 0.1) is 6.92 Å². The van der Waals surface area contributed by atoms with E-state index in [9.17, 15) is 9.59 Å². The topological polar surface area (TPSA) is 83.1 Å². The normalized spacial score (nSPS) is 10.2. The Balaban J connectivity index is 1.82. The number of carbonyl (C=O) groups is 2. The van der Waals surface area contributed by atoms with E-state index in [4.69, 9.17) is 0 Å². The zero-order valence-corrected chi connectivity index (χ0v) is 15.3. The van der Waals surface area contributed by atoms with Gasteiger partial charge in [0.1, 0.15) is 0 Å².